The van der Waals surface area contributed by atoms with E-state index in [4.69, 9.17) is 14.2 Å². The lowest BCUT2D eigenvalue weighted by Crippen LogP contribution is -2.33. The van der Waals surface area contributed by atoms with Gasteiger partial charge in [-0.3, -0.25) is 4.79 Å². The zero-order valence-corrected chi connectivity index (χ0v) is 12.7. The predicted molar refractivity (Wildman–Crippen MR) is 75.7 cm³/mol. The molecule has 0 aromatic heterocycles. The van der Waals surface area contributed by atoms with Gasteiger partial charge in [0.15, 0.2) is 0 Å². The van der Waals surface area contributed by atoms with Gasteiger partial charge in [-0.05, 0) is 37.8 Å². The largest absolute Gasteiger partial charge is 0.612 e. The molecule has 7 nitrogen and oxygen atoms in total. The van der Waals surface area contributed by atoms with Crippen molar-refractivity contribution in [1.82, 2.24) is 5.32 Å². The Morgan fingerprint density at radius 3 is 2.18 bits per heavy atom. The van der Waals surface area contributed by atoms with E-state index in [1.807, 2.05) is 0 Å². The molecule has 0 aliphatic carbocycles. The minimum atomic E-state index is -0.942. The molecule has 1 rings (SSSR count). The van der Waals surface area contributed by atoms with Gasteiger partial charge in [-0.25, -0.2) is 4.79 Å². The van der Waals surface area contributed by atoms with Gasteiger partial charge in [-0.15, -0.1) is 0 Å². The number of hydrogen-bond donors (Lipinski definition) is 1. The van der Waals surface area contributed by atoms with Crippen molar-refractivity contribution < 1.29 is 28.9 Å². The van der Waals surface area contributed by atoms with Crippen LogP contribution in [-0.2, 0) is 14.3 Å². The van der Waals surface area contributed by atoms with Crippen molar-refractivity contribution in [3.63, 3.8) is 0 Å². The predicted octanol–water partition coefficient (Wildman–Crippen LogP) is 0.554. The SMILES string of the molecule is CCOC(=O)/C(NC(=O)c1ccc(OC)cc1)=C(/[O-])OCC. The summed E-state index contributed by atoms with van der Waals surface area (Å²) in [4.78, 5) is 23.8. The third-order valence-electron chi connectivity index (χ3n) is 2.55. The van der Waals surface area contributed by atoms with E-state index in [0.717, 1.165) is 0 Å². The van der Waals surface area contributed by atoms with Crippen LogP contribution in [0.1, 0.15) is 24.2 Å². The van der Waals surface area contributed by atoms with Gasteiger partial charge in [0.25, 0.3) is 5.91 Å². The number of esters is 1. The number of carbonyl (C=O) groups is 2. The molecule has 1 N–H and O–H groups in total. The molecule has 0 bridgehead atoms. The van der Waals surface area contributed by atoms with Crippen molar-refractivity contribution in [2.24, 2.45) is 0 Å². The first-order chi connectivity index (χ1) is 10.5. The third-order valence-corrected chi connectivity index (χ3v) is 2.55. The Balaban J connectivity index is 2.94. The van der Waals surface area contributed by atoms with Crippen LogP contribution in [0.25, 0.3) is 0 Å². The highest BCUT2D eigenvalue weighted by Gasteiger charge is 2.17. The normalized spacial score (nSPS) is 11.2. The van der Waals surface area contributed by atoms with Crippen LogP contribution in [-0.4, -0.2) is 32.2 Å². The number of carbonyl (C=O) groups excluding carboxylic acids is 2. The molecule has 0 saturated carbocycles. The molecule has 0 spiro atoms. The average Bonchev–Trinajstić information content (AvgIpc) is 2.52. The van der Waals surface area contributed by atoms with E-state index in [2.05, 4.69) is 5.32 Å². The van der Waals surface area contributed by atoms with Gasteiger partial charge in [0.2, 0.25) is 0 Å². The summed E-state index contributed by atoms with van der Waals surface area (Å²) in [5.74, 6) is -1.93. The summed E-state index contributed by atoms with van der Waals surface area (Å²) in [6.07, 6.45) is 0. The second-order valence-corrected chi connectivity index (χ2v) is 4.00. The van der Waals surface area contributed by atoms with E-state index in [9.17, 15) is 14.7 Å². The van der Waals surface area contributed by atoms with Crippen LogP contribution >= 0.6 is 0 Å². The van der Waals surface area contributed by atoms with Crippen molar-refractivity contribution in [1.29, 1.82) is 0 Å². The van der Waals surface area contributed by atoms with Gasteiger partial charge in [-0.1, -0.05) is 6.92 Å². The number of benzene rings is 1. The van der Waals surface area contributed by atoms with Gasteiger partial charge >= 0.3 is 5.97 Å². The highest BCUT2D eigenvalue weighted by molar-refractivity contribution is 6.01. The Hall–Kier alpha value is -2.70. The molecular formula is C15H18NO6-. The van der Waals surface area contributed by atoms with E-state index in [1.54, 1.807) is 26.0 Å². The average molecular weight is 308 g/mol. The molecule has 7 heteroatoms. The van der Waals surface area contributed by atoms with Gasteiger partial charge in [0.05, 0.1) is 19.7 Å². The number of nitrogens with one attached hydrogen (secondary N) is 1. The number of methoxy groups -OCH3 is 1. The van der Waals surface area contributed by atoms with Crippen LogP contribution in [0, 0.1) is 0 Å². The zero-order chi connectivity index (χ0) is 16.5. The highest BCUT2D eigenvalue weighted by Crippen LogP contribution is 2.12. The molecule has 0 aliphatic heterocycles. The molecular weight excluding hydrogens is 290 g/mol. The molecule has 0 unspecified atom stereocenters. The van der Waals surface area contributed by atoms with Crippen LogP contribution in [0.5, 0.6) is 5.75 Å². The topological polar surface area (TPSA) is 96.9 Å². The fraction of sp³-hybridized carbons (Fsp3) is 0.333. The minimum Gasteiger partial charge on any atom is -0.612 e. The number of rotatable bonds is 7. The fourth-order valence-corrected chi connectivity index (χ4v) is 1.52. The summed E-state index contributed by atoms with van der Waals surface area (Å²) in [7, 11) is 1.50. The van der Waals surface area contributed by atoms with Crippen molar-refractivity contribution in [2.45, 2.75) is 13.8 Å². The Labute approximate surface area is 128 Å². The maximum Gasteiger partial charge on any atom is 0.356 e. The number of hydrogen-bond acceptors (Lipinski definition) is 6. The summed E-state index contributed by atoms with van der Waals surface area (Å²) < 4.78 is 14.5. The second kappa shape index (κ2) is 8.56. The van der Waals surface area contributed by atoms with E-state index in [-0.39, 0.29) is 18.8 Å². The smallest absolute Gasteiger partial charge is 0.356 e. The lowest BCUT2D eigenvalue weighted by molar-refractivity contribution is -0.358. The van der Waals surface area contributed by atoms with E-state index >= 15 is 0 Å². The number of ether oxygens (including phenoxy) is 3. The van der Waals surface area contributed by atoms with Crippen LogP contribution in [0.15, 0.2) is 35.9 Å². The van der Waals surface area contributed by atoms with Gasteiger partial charge in [0, 0.05) is 5.56 Å². The summed E-state index contributed by atoms with van der Waals surface area (Å²) in [5, 5.41) is 14.0. The van der Waals surface area contributed by atoms with Gasteiger partial charge in [-0.2, -0.15) is 0 Å². The van der Waals surface area contributed by atoms with Crippen molar-refractivity contribution in [3.05, 3.63) is 41.5 Å². The molecule has 120 valence electrons. The fourth-order valence-electron chi connectivity index (χ4n) is 1.52. The van der Waals surface area contributed by atoms with Crippen LogP contribution in [0.2, 0.25) is 0 Å². The Kier molecular flexibility index (Phi) is 6.75. The van der Waals surface area contributed by atoms with Crippen molar-refractivity contribution >= 4 is 11.9 Å². The minimum absolute atomic E-state index is 0.0696. The summed E-state index contributed by atoms with van der Waals surface area (Å²) in [5.41, 5.74) is -0.295. The first kappa shape index (κ1) is 17.4. The zero-order valence-electron chi connectivity index (χ0n) is 12.7. The molecule has 22 heavy (non-hydrogen) atoms. The molecule has 0 heterocycles. The van der Waals surface area contributed by atoms with Crippen LogP contribution in [0.3, 0.4) is 0 Å². The first-order valence-electron chi connectivity index (χ1n) is 6.70. The Bertz CT molecular complexity index is 550. The van der Waals surface area contributed by atoms with Gasteiger partial charge < -0.3 is 24.6 Å². The molecule has 0 radical (unpaired) electrons. The van der Waals surface area contributed by atoms with E-state index in [0.29, 0.717) is 5.75 Å². The van der Waals surface area contributed by atoms with Crippen molar-refractivity contribution in [2.75, 3.05) is 20.3 Å². The van der Waals surface area contributed by atoms with Gasteiger partial charge in [0.1, 0.15) is 11.4 Å². The lowest BCUT2D eigenvalue weighted by atomic mass is 10.2. The van der Waals surface area contributed by atoms with E-state index in [1.165, 1.54) is 19.2 Å². The summed E-state index contributed by atoms with van der Waals surface area (Å²) >= 11 is 0. The van der Waals surface area contributed by atoms with Crippen LogP contribution < -0.4 is 15.2 Å². The van der Waals surface area contributed by atoms with Crippen LogP contribution in [0.4, 0.5) is 0 Å². The molecule has 1 amide bonds. The second-order valence-electron chi connectivity index (χ2n) is 4.00. The Morgan fingerprint density at radius 2 is 1.68 bits per heavy atom. The highest BCUT2D eigenvalue weighted by atomic mass is 16.6. The maximum atomic E-state index is 12.1. The molecule has 0 atom stereocenters. The van der Waals surface area contributed by atoms with E-state index < -0.39 is 23.5 Å². The maximum absolute atomic E-state index is 12.1. The quantitative estimate of drug-likeness (QED) is 0.449. The number of amides is 1. The monoisotopic (exact) mass is 308 g/mol. The molecule has 1 aromatic rings. The lowest BCUT2D eigenvalue weighted by Gasteiger charge is -2.18. The molecule has 0 saturated heterocycles. The molecule has 1 aromatic carbocycles. The molecule has 0 aliphatic rings. The Morgan fingerprint density at radius 1 is 1.09 bits per heavy atom. The molecule has 0 fully saturated rings. The van der Waals surface area contributed by atoms with Crippen molar-refractivity contribution in [3.8, 4) is 5.75 Å². The summed E-state index contributed by atoms with van der Waals surface area (Å²) in [6, 6.07) is 6.18. The third kappa shape index (κ3) is 4.69. The standard InChI is InChI=1S/C15H19NO6/c1-4-21-14(18)12(15(19)22-5-2)16-13(17)10-6-8-11(20-3)9-7-10/h6-9,18H,4-5H2,1-3H3,(H,16,17)/p-1/b14-12+. The first-order valence-corrected chi connectivity index (χ1v) is 6.70. The summed E-state index contributed by atoms with van der Waals surface area (Å²) in [6.45, 7) is 3.32.